The number of aromatic nitrogens is 3. The molecule has 116 valence electrons. The molecule has 3 heterocycles. The summed E-state index contributed by atoms with van der Waals surface area (Å²) in [6.45, 7) is 0. The minimum Gasteiger partial charge on any atom is -0.321 e. The molecule has 0 unspecified atom stereocenters. The van der Waals surface area contributed by atoms with Crippen LogP contribution in [0.3, 0.4) is 0 Å². The zero-order chi connectivity index (χ0) is 16.5. The predicted molar refractivity (Wildman–Crippen MR) is 94.3 cm³/mol. The average Bonchev–Trinajstić information content (AvgIpc) is 3.11. The van der Waals surface area contributed by atoms with Crippen molar-refractivity contribution >= 4 is 28.5 Å². The molecule has 24 heavy (non-hydrogen) atoms. The summed E-state index contributed by atoms with van der Waals surface area (Å²) in [7, 11) is 0. The summed E-state index contributed by atoms with van der Waals surface area (Å²) in [5.74, 6) is 0. The minimum atomic E-state index is -0.229. The van der Waals surface area contributed by atoms with Crippen molar-refractivity contribution in [2.24, 2.45) is 0 Å². The smallest absolute Gasteiger partial charge is 0.258 e. The molecule has 1 N–H and O–H groups in total. The van der Waals surface area contributed by atoms with E-state index in [1.165, 1.54) is 11.3 Å². The van der Waals surface area contributed by atoms with Crippen LogP contribution in [0.2, 0.25) is 0 Å². The number of fused-ring (bicyclic) bond motifs is 1. The third kappa shape index (κ3) is 2.53. The number of hydrogen-bond acceptors (Lipinski definition) is 5. The van der Waals surface area contributed by atoms with Gasteiger partial charge >= 0.3 is 0 Å². The third-order valence-electron chi connectivity index (χ3n) is 3.67. The van der Waals surface area contributed by atoms with Crippen LogP contribution >= 0.6 is 11.3 Å². The largest absolute Gasteiger partial charge is 0.321 e. The number of aldehydes is 1. The number of pyridine rings is 2. The summed E-state index contributed by atoms with van der Waals surface area (Å²) < 4.78 is 0. The zero-order valence-corrected chi connectivity index (χ0v) is 13.2. The van der Waals surface area contributed by atoms with E-state index in [1.807, 2.05) is 29.6 Å². The maximum absolute atomic E-state index is 12.4. The van der Waals surface area contributed by atoms with Gasteiger partial charge in [-0.15, -0.1) is 11.3 Å². The molecule has 0 fully saturated rings. The highest BCUT2D eigenvalue weighted by molar-refractivity contribution is 7.13. The number of nitrogens with zero attached hydrogens (tertiary/aromatic N) is 2. The van der Waals surface area contributed by atoms with Crippen LogP contribution in [0.1, 0.15) is 10.4 Å². The maximum Gasteiger partial charge on any atom is 0.258 e. The second-order valence-corrected chi connectivity index (χ2v) is 6.09. The first-order valence-corrected chi connectivity index (χ1v) is 8.12. The average molecular weight is 333 g/mol. The molecular formula is C18H11N3O2S. The highest BCUT2D eigenvalue weighted by Crippen LogP contribution is 2.27. The fourth-order valence-corrected chi connectivity index (χ4v) is 3.31. The molecule has 4 rings (SSSR count). The normalized spacial score (nSPS) is 10.8. The van der Waals surface area contributed by atoms with Gasteiger partial charge in [0.2, 0.25) is 0 Å². The standard InChI is InChI=1S/C18H11N3O2S/c22-9-11-4-5-12-8-13(17(23)20-15(12)7-11)18-21-16(10-24-18)14-3-1-2-6-19-14/h1-10H,(H,20,23). The van der Waals surface area contributed by atoms with Gasteiger partial charge in [-0.3, -0.25) is 14.6 Å². The maximum atomic E-state index is 12.4. The first-order valence-electron chi connectivity index (χ1n) is 7.24. The number of carbonyl (C=O) groups is 1. The molecule has 0 aliphatic rings. The van der Waals surface area contributed by atoms with E-state index in [-0.39, 0.29) is 5.56 Å². The Morgan fingerprint density at radius 2 is 2.00 bits per heavy atom. The summed E-state index contributed by atoms with van der Waals surface area (Å²) in [5, 5.41) is 3.37. The Morgan fingerprint density at radius 3 is 2.79 bits per heavy atom. The van der Waals surface area contributed by atoms with Crippen LogP contribution < -0.4 is 5.56 Å². The first-order chi connectivity index (χ1) is 11.7. The van der Waals surface area contributed by atoms with Gasteiger partial charge in [-0.25, -0.2) is 4.98 Å². The van der Waals surface area contributed by atoms with Crippen molar-refractivity contribution in [1.29, 1.82) is 0 Å². The number of carbonyl (C=O) groups excluding carboxylic acids is 1. The number of thiazole rings is 1. The van der Waals surface area contributed by atoms with Gasteiger partial charge in [-0.2, -0.15) is 0 Å². The summed E-state index contributed by atoms with van der Waals surface area (Å²) in [5.41, 5.74) is 2.95. The fourth-order valence-electron chi connectivity index (χ4n) is 2.48. The van der Waals surface area contributed by atoms with Gasteiger partial charge in [0.15, 0.2) is 0 Å². The molecule has 0 aliphatic heterocycles. The number of nitrogens with one attached hydrogen (secondary N) is 1. The second kappa shape index (κ2) is 5.82. The van der Waals surface area contributed by atoms with Crippen molar-refractivity contribution in [3.05, 3.63) is 70.0 Å². The number of hydrogen-bond donors (Lipinski definition) is 1. The monoisotopic (exact) mass is 333 g/mol. The quantitative estimate of drug-likeness (QED) is 0.582. The predicted octanol–water partition coefficient (Wildman–Crippen LogP) is 3.53. The van der Waals surface area contributed by atoms with Gasteiger partial charge in [-0.05, 0) is 29.7 Å². The van der Waals surface area contributed by atoms with Gasteiger partial charge in [0.05, 0.1) is 11.3 Å². The van der Waals surface area contributed by atoms with E-state index >= 15 is 0 Å². The summed E-state index contributed by atoms with van der Waals surface area (Å²) in [6, 6.07) is 12.6. The molecule has 4 aromatic rings. The zero-order valence-electron chi connectivity index (χ0n) is 12.4. The minimum absolute atomic E-state index is 0.229. The lowest BCUT2D eigenvalue weighted by molar-refractivity contribution is 0.112. The Morgan fingerprint density at radius 1 is 1.08 bits per heavy atom. The Labute approximate surface area is 140 Å². The Balaban J connectivity index is 1.82. The van der Waals surface area contributed by atoms with Crippen molar-refractivity contribution in [2.45, 2.75) is 0 Å². The lowest BCUT2D eigenvalue weighted by Gasteiger charge is -2.01. The highest BCUT2D eigenvalue weighted by atomic mass is 32.1. The van der Waals surface area contributed by atoms with Gasteiger partial charge in [0, 0.05) is 22.7 Å². The van der Waals surface area contributed by atoms with Gasteiger partial charge in [0.25, 0.3) is 5.56 Å². The van der Waals surface area contributed by atoms with Crippen molar-refractivity contribution in [2.75, 3.05) is 0 Å². The number of aromatic amines is 1. The lowest BCUT2D eigenvalue weighted by Crippen LogP contribution is -2.08. The topological polar surface area (TPSA) is 75.7 Å². The molecule has 0 atom stereocenters. The fraction of sp³-hybridized carbons (Fsp3) is 0. The molecule has 0 radical (unpaired) electrons. The van der Waals surface area contributed by atoms with Crippen molar-refractivity contribution in [3.8, 4) is 22.0 Å². The number of rotatable bonds is 3. The molecule has 0 saturated heterocycles. The number of H-pyrrole nitrogens is 1. The Hall–Kier alpha value is -3.12. The second-order valence-electron chi connectivity index (χ2n) is 5.23. The Bertz CT molecular complexity index is 1100. The van der Waals surface area contributed by atoms with Crippen LogP contribution in [0, 0.1) is 0 Å². The van der Waals surface area contributed by atoms with E-state index in [0.29, 0.717) is 21.7 Å². The molecule has 6 heteroatoms. The van der Waals surface area contributed by atoms with Crippen LogP contribution in [-0.4, -0.2) is 21.2 Å². The van der Waals surface area contributed by atoms with E-state index in [1.54, 1.807) is 24.4 Å². The van der Waals surface area contributed by atoms with Gasteiger partial charge in [-0.1, -0.05) is 18.2 Å². The molecule has 0 saturated carbocycles. The summed E-state index contributed by atoms with van der Waals surface area (Å²) in [4.78, 5) is 34.9. The molecule has 5 nitrogen and oxygen atoms in total. The van der Waals surface area contributed by atoms with Crippen molar-refractivity contribution < 1.29 is 4.79 Å². The molecule has 1 aromatic carbocycles. The van der Waals surface area contributed by atoms with Gasteiger partial charge < -0.3 is 4.98 Å². The van der Waals surface area contributed by atoms with Gasteiger partial charge in [0.1, 0.15) is 17.0 Å². The van der Waals surface area contributed by atoms with Crippen LogP contribution in [0.15, 0.2) is 58.8 Å². The highest BCUT2D eigenvalue weighted by Gasteiger charge is 2.12. The summed E-state index contributed by atoms with van der Waals surface area (Å²) >= 11 is 1.40. The van der Waals surface area contributed by atoms with Crippen molar-refractivity contribution in [1.82, 2.24) is 15.0 Å². The third-order valence-corrected chi connectivity index (χ3v) is 4.54. The van der Waals surface area contributed by atoms with Crippen LogP contribution in [0.4, 0.5) is 0 Å². The lowest BCUT2D eigenvalue weighted by atomic mass is 10.1. The Kier molecular flexibility index (Phi) is 3.51. The SMILES string of the molecule is O=Cc1ccc2cc(-c3nc(-c4ccccn4)cs3)c(=O)[nH]c2c1. The summed E-state index contributed by atoms with van der Waals surface area (Å²) in [6.07, 6.45) is 2.47. The van der Waals surface area contributed by atoms with E-state index < -0.39 is 0 Å². The van der Waals surface area contributed by atoms with E-state index in [9.17, 15) is 9.59 Å². The van der Waals surface area contributed by atoms with E-state index in [2.05, 4.69) is 15.0 Å². The molecule has 0 spiro atoms. The molecule has 3 aromatic heterocycles. The van der Waals surface area contributed by atoms with E-state index in [0.717, 1.165) is 23.1 Å². The van der Waals surface area contributed by atoms with Crippen molar-refractivity contribution in [3.63, 3.8) is 0 Å². The van der Waals surface area contributed by atoms with E-state index in [4.69, 9.17) is 0 Å². The molecular weight excluding hydrogens is 322 g/mol. The first kappa shape index (κ1) is 14.5. The number of benzene rings is 1. The van der Waals surface area contributed by atoms with Crippen LogP contribution in [-0.2, 0) is 0 Å². The molecule has 0 aliphatic carbocycles. The molecule has 0 amide bonds. The van der Waals surface area contributed by atoms with Crippen LogP contribution in [0.25, 0.3) is 32.9 Å². The molecule has 0 bridgehead atoms. The van der Waals surface area contributed by atoms with Crippen LogP contribution in [0.5, 0.6) is 0 Å².